The van der Waals surface area contributed by atoms with Gasteiger partial charge in [-0.15, -0.1) is 0 Å². The van der Waals surface area contributed by atoms with Crippen LogP contribution in [0.25, 0.3) is 0 Å². The predicted molar refractivity (Wildman–Crippen MR) is 270 cm³/mol. The lowest BCUT2D eigenvalue weighted by atomic mass is 9.76. The quantitative estimate of drug-likeness (QED) is 0.0460. The Morgan fingerprint density at radius 1 is 0.645 bits per heavy atom. The highest BCUT2D eigenvalue weighted by molar-refractivity contribution is 5.68. The Bertz CT molecular complexity index is 1150. The zero-order valence-electron chi connectivity index (χ0n) is 42.3. The molecule has 0 aromatic carbocycles. The van der Waals surface area contributed by atoms with Gasteiger partial charge < -0.3 is 23.8 Å². The van der Waals surface area contributed by atoms with Gasteiger partial charge in [-0.1, -0.05) is 174 Å². The molecule has 364 valence electrons. The normalized spacial score (nSPS) is 17.7. The van der Waals surface area contributed by atoms with Crippen LogP contribution in [0.3, 0.4) is 0 Å². The van der Waals surface area contributed by atoms with Crippen LogP contribution in [0.4, 0.5) is 4.79 Å². The van der Waals surface area contributed by atoms with Gasteiger partial charge in [-0.25, -0.2) is 4.79 Å². The van der Waals surface area contributed by atoms with Crippen LogP contribution in [-0.2, 0) is 18.9 Å². The smallest absolute Gasteiger partial charge is 0.410 e. The van der Waals surface area contributed by atoms with Gasteiger partial charge in [0.2, 0.25) is 0 Å². The monoisotopic (exact) mass is 872 g/mol. The van der Waals surface area contributed by atoms with Crippen molar-refractivity contribution >= 4 is 6.09 Å². The molecule has 0 spiro atoms. The summed E-state index contributed by atoms with van der Waals surface area (Å²) in [4.78, 5) is 14.7. The number of carbonyl (C=O) groups is 1. The van der Waals surface area contributed by atoms with Crippen molar-refractivity contribution in [3.8, 4) is 0 Å². The SMILES string of the molecule is C.CCCCC/C=C\C/C=C\CCCCCCCCC(CCCCCCCC/C=C\C/C=C\CCCCC)OC1(C)OCC(CC(C)(C)CC(C)(C)N(C)C(=O)OC(C)(C)C)O1. The van der Waals surface area contributed by atoms with Gasteiger partial charge in [0, 0.05) is 19.5 Å². The maximum Gasteiger partial charge on any atom is 0.410 e. The van der Waals surface area contributed by atoms with Gasteiger partial charge >= 0.3 is 6.09 Å². The molecule has 6 nitrogen and oxygen atoms in total. The summed E-state index contributed by atoms with van der Waals surface area (Å²) in [6, 6.07) is 0. The number of carbonyl (C=O) groups excluding carboxylic acids is 1. The molecule has 0 bridgehead atoms. The Labute approximate surface area is 386 Å². The number of allylic oxidation sites excluding steroid dienone is 8. The zero-order chi connectivity index (χ0) is 45.3. The molecule has 1 heterocycles. The summed E-state index contributed by atoms with van der Waals surface area (Å²) in [5.41, 5.74) is -1.01. The van der Waals surface area contributed by atoms with E-state index >= 15 is 0 Å². The summed E-state index contributed by atoms with van der Waals surface area (Å²) in [5, 5.41) is 0. The molecule has 1 rings (SSSR count). The van der Waals surface area contributed by atoms with Crippen molar-refractivity contribution < 1.29 is 23.7 Å². The molecule has 1 aliphatic rings. The van der Waals surface area contributed by atoms with Crippen LogP contribution < -0.4 is 0 Å². The standard InChI is InChI=1S/C55H101NO5.CH4/c1-12-14-16-18-20-22-24-26-28-30-32-34-36-38-40-42-44-49(45-43-41-39-37-35-33-31-29-27-25-23-21-19-17-15-13-2)59-55(10)58-47-50(60-55)46-53(6,7)48-54(8,9)56(11)51(57)61-52(3,4)5;/h20-23,26-29,49-50H,12-19,24-25,30-48H2,1-11H3;1H4/b22-20-,23-21-,28-26-,29-27-;. The molecule has 0 saturated carbocycles. The third-order valence-corrected chi connectivity index (χ3v) is 12.0. The van der Waals surface area contributed by atoms with E-state index < -0.39 is 11.6 Å². The molecule has 0 radical (unpaired) electrons. The van der Waals surface area contributed by atoms with E-state index in [1.54, 1.807) is 4.90 Å². The minimum Gasteiger partial charge on any atom is -0.444 e. The number of hydrogen-bond acceptors (Lipinski definition) is 5. The first-order valence-electron chi connectivity index (χ1n) is 25.6. The minimum absolute atomic E-state index is 0. The molecular formula is C56H105NO5. The molecule has 2 unspecified atom stereocenters. The number of nitrogens with zero attached hydrogens (tertiary/aromatic N) is 1. The van der Waals surface area contributed by atoms with Gasteiger partial charge in [0.15, 0.2) is 0 Å². The van der Waals surface area contributed by atoms with E-state index in [0.717, 1.165) is 38.5 Å². The second-order valence-electron chi connectivity index (χ2n) is 20.8. The van der Waals surface area contributed by atoms with Crippen molar-refractivity contribution in [2.45, 2.75) is 286 Å². The van der Waals surface area contributed by atoms with Gasteiger partial charge in [0.05, 0.1) is 18.8 Å². The van der Waals surface area contributed by atoms with Crippen molar-refractivity contribution in [1.29, 1.82) is 0 Å². The summed E-state index contributed by atoms with van der Waals surface area (Å²) in [6.07, 6.45) is 52.5. The number of ether oxygens (including phenoxy) is 4. The number of unbranched alkanes of at least 4 members (excludes halogenated alkanes) is 18. The maximum atomic E-state index is 12.9. The van der Waals surface area contributed by atoms with Crippen molar-refractivity contribution in [3.05, 3.63) is 48.6 Å². The topological polar surface area (TPSA) is 57.2 Å². The van der Waals surface area contributed by atoms with E-state index in [4.69, 9.17) is 18.9 Å². The van der Waals surface area contributed by atoms with E-state index in [1.165, 1.54) is 141 Å². The van der Waals surface area contributed by atoms with Gasteiger partial charge in [-0.05, 0) is 130 Å². The average Bonchev–Trinajstić information content (AvgIpc) is 3.54. The lowest BCUT2D eigenvalue weighted by molar-refractivity contribution is -0.344. The zero-order valence-corrected chi connectivity index (χ0v) is 42.3. The molecule has 0 aliphatic carbocycles. The van der Waals surface area contributed by atoms with Crippen LogP contribution in [0.2, 0.25) is 0 Å². The average molecular weight is 872 g/mol. The molecule has 2 atom stereocenters. The third kappa shape index (κ3) is 32.7. The molecule has 0 aromatic rings. The number of amides is 1. The molecule has 1 saturated heterocycles. The molecule has 0 aromatic heterocycles. The minimum atomic E-state index is -1.02. The van der Waals surface area contributed by atoms with E-state index in [9.17, 15) is 4.79 Å². The number of rotatable bonds is 37. The van der Waals surface area contributed by atoms with Crippen LogP contribution in [-0.4, -0.2) is 54.0 Å². The summed E-state index contributed by atoms with van der Waals surface area (Å²) < 4.78 is 25.4. The molecule has 1 aliphatic heterocycles. The van der Waals surface area contributed by atoms with Crippen LogP contribution >= 0.6 is 0 Å². The summed E-state index contributed by atoms with van der Waals surface area (Å²) >= 11 is 0. The molecule has 6 heteroatoms. The van der Waals surface area contributed by atoms with Crippen molar-refractivity contribution in [3.63, 3.8) is 0 Å². The Morgan fingerprint density at radius 2 is 1.05 bits per heavy atom. The highest BCUT2D eigenvalue weighted by Gasteiger charge is 2.44. The Balaban J connectivity index is 0.0000372. The first-order chi connectivity index (χ1) is 29.0. The molecule has 0 N–H and O–H groups in total. The Kier molecular flexibility index (Phi) is 34.3. The molecular weight excluding hydrogens is 767 g/mol. The molecule has 62 heavy (non-hydrogen) atoms. The van der Waals surface area contributed by atoms with Crippen molar-refractivity contribution in [1.82, 2.24) is 4.90 Å². The fourth-order valence-corrected chi connectivity index (χ4v) is 8.62. The molecule has 1 amide bonds. The highest BCUT2D eigenvalue weighted by Crippen LogP contribution is 2.40. The van der Waals surface area contributed by atoms with Crippen molar-refractivity contribution in [2.24, 2.45) is 5.41 Å². The lowest BCUT2D eigenvalue weighted by Gasteiger charge is -2.42. The second-order valence-corrected chi connectivity index (χ2v) is 20.8. The number of hydrogen-bond donors (Lipinski definition) is 0. The second kappa shape index (κ2) is 35.4. The fourth-order valence-electron chi connectivity index (χ4n) is 8.62. The van der Waals surface area contributed by atoms with E-state index in [1.807, 2.05) is 34.7 Å². The first kappa shape index (κ1) is 60.1. The van der Waals surface area contributed by atoms with Crippen LogP contribution in [0.15, 0.2) is 48.6 Å². The third-order valence-electron chi connectivity index (χ3n) is 12.0. The van der Waals surface area contributed by atoms with E-state index in [2.05, 4.69) is 90.2 Å². The fraction of sp³-hybridized carbons (Fsp3) is 0.839. The summed E-state index contributed by atoms with van der Waals surface area (Å²) in [6.45, 7) is 21.5. The largest absolute Gasteiger partial charge is 0.444 e. The molecule has 1 fully saturated rings. The lowest BCUT2D eigenvalue weighted by Crippen LogP contribution is -2.49. The van der Waals surface area contributed by atoms with Crippen LogP contribution in [0.1, 0.15) is 256 Å². The van der Waals surface area contributed by atoms with Gasteiger partial charge in [0.25, 0.3) is 5.97 Å². The van der Waals surface area contributed by atoms with Crippen LogP contribution in [0.5, 0.6) is 0 Å². The van der Waals surface area contributed by atoms with E-state index in [0.29, 0.717) is 6.61 Å². The summed E-state index contributed by atoms with van der Waals surface area (Å²) in [7, 11) is 1.84. The van der Waals surface area contributed by atoms with Gasteiger partial charge in [0.1, 0.15) is 5.60 Å². The van der Waals surface area contributed by atoms with E-state index in [-0.39, 0.29) is 36.7 Å². The Morgan fingerprint density at radius 3 is 1.47 bits per heavy atom. The Hall–Kier alpha value is -1.89. The van der Waals surface area contributed by atoms with Crippen molar-refractivity contribution in [2.75, 3.05) is 13.7 Å². The maximum absolute atomic E-state index is 12.9. The van der Waals surface area contributed by atoms with Gasteiger partial charge in [-0.2, -0.15) is 0 Å². The predicted octanol–water partition coefficient (Wildman–Crippen LogP) is 18.0. The first-order valence-corrected chi connectivity index (χ1v) is 25.6. The highest BCUT2D eigenvalue weighted by atomic mass is 16.9. The van der Waals surface area contributed by atoms with Crippen LogP contribution in [0, 0.1) is 5.41 Å². The summed E-state index contributed by atoms with van der Waals surface area (Å²) in [5.74, 6) is -1.02. The van der Waals surface area contributed by atoms with Gasteiger partial charge in [-0.3, -0.25) is 0 Å².